The molecule has 32 heavy (non-hydrogen) atoms. The Morgan fingerprint density at radius 2 is 1.78 bits per heavy atom. The normalized spacial score (nSPS) is 12.4. The van der Waals surface area contributed by atoms with Crippen molar-refractivity contribution in [3.63, 3.8) is 0 Å². The van der Waals surface area contributed by atoms with Crippen molar-refractivity contribution in [3.8, 4) is 17.1 Å². The third-order valence-electron chi connectivity index (χ3n) is 5.35. The number of hydrogen-bond donors (Lipinski definition) is 0. The van der Waals surface area contributed by atoms with E-state index in [0.29, 0.717) is 39.1 Å². The summed E-state index contributed by atoms with van der Waals surface area (Å²) in [5, 5.41) is 0.491. The van der Waals surface area contributed by atoms with Gasteiger partial charge in [0.15, 0.2) is 5.69 Å². The average Bonchev–Trinajstić information content (AvgIpc) is 3.12. The highest BCUT2D eigenvalue weighted by Crippen LogP contribution is 2.34. The number of fused-ring (bicyclic) bond motifs is 3. The molecule has 1 aromatic heterocycles. The summed E-state index contributed by atoms with van der Waals surface area (Å²) in [4.78, 5) is 21.9. The van der Waals surface area contributed by atoms with Crippen molar-refractivity contribution in [3.05, 3.63) is 106 Å². The zero-order chi connectivity index (χ0) is 22.2. The van der Waals surface area contributed by atoms with Gasteiger partial charge in [-0.1, -0.05) is 54.1 Å². The van der Waals surface area contributed by atoms with Gasteiger partial charge in [-0.3, -0.25) is 9.56 Å². The Kier molecular flexibility index (Phi) is 5.07. The van der Waals surface area contributed by atoms with Crippen molar-refractivity contribution >= 4 is 23.3 Å². The molecule has 0 unspecified atom stereocenters. The lowest BCUT2D eigenvalue weighted by Crippen LogP contribution is -2.10. The number of benzene rings is 3. The lowest BCUT2D eigenvalue weighted by atomic mass is 10.00. The van der Waals surface area contributed by atoms with Gasteiger partial charge in [-0.05, 0) is 30.3 Å². The molecule has 2 heterocycles. The second-order valence-corrected chi connectivity index (χ2v) is 7.67. The molecule has 0 aliphatic carbocycles. The van der Waals surface area contributed by atoms with Gasteiger partial charge in [0.1, 0.15) is 11.6 Å². The molecule has 0 saturated carbocycles. The highest BCUT2D eigenvalue weighted by Gasteiger charge is 2.29. The number of carbonyl (C=O) groups excluding carboxylic acids is 1. The van der Waals surface area contributed by atoms with Gasteiger partial charge in [-0.15, -0.1) is 0 Å². The molecule has 7 heteroatoms. The van der Waals surface area contributed by atoms with Gasteiger partial charge in [0, 0.05) is 21.7 Å². The molecule has 0 bridgehead atoms. The summed E-state index contributed by atoms with van der Waals surface area (Å²) in [6.07, 6.45) is 0. The van der Waals surface area contributed by atoms with E-state index in [1.54, 1.807) is 30.3 Å². The van der Waals surface area contributed by atoms with Crippen molar-refractivity contribution < 1.29 is 13.9 Å². The summed E-state index contributed by atoms with van der Waals surface area (Å²) in [7, 11) is 1.31. The van der Waals surface area contributed by atoms with Crippen molar-refractivity contribution in [2.75, 3.05) is 7.11 Å². The smallest absolute Gasteiger partial charge is 0.358 e. The van der Waals surface area contributed by atoms with E-state index in [4.69, 9.17) is 21.3 Å². The van der Waals surface area contributed by atoms with Crippen molar-refractivity contribution in [2.24, 2.45) is 4.99 Å². The molecule has 5 rings (SSSR count). The standard InChI is InChI=1S/C25H17ClFN3O2/c1-32-25(31)23-21-14-28-22(17-9-5-6-10-19(17)27)18-13-16(26)11-12-20(18)30(21)24(29-23)15-7-3-2-4-8-15/h2-13H,14H2,1H3. The SMILES string of the molecule is COC(=O)c1nc(-c2ccccc2)n2c1CN=C(c1ccccc1F)c1cc(Cl)ccc1-2. The molecule has 158 valence electrons. The molecule has 0 amide bonds. The number of aromatic nitrogens is 2. The fraction of sp³-hybridized carbons (Fsp3) is 0.0800. The van der Waals surface area contributed by atoms with Crippen LogP contribution in [-0.4, -0.2) is 28.3 Å². The van der Waals surface area contributed by atoms with Crippen LogP contribution >= 0.6 is 11.6 Å². The second-order valence-electron chi connectivity index (χ2n) is 7.23. The molecule has 0 fully saturated rings. The van der Waals surface area contributed by atoms with Crippen LogP contribution in [0.3, 0.4) is 0 Å². The Hall–Kier alpha value is -3.77. The highest BCUT2D eigenvalue weighted by molar-refractivity contribution is 6.31. The van der Waals surface area contributed by atoms with Gasteiger partial charge in [-0.25, -0.2) is 14.2 Å². The number of imidazole rings is 1. The fourth-order valence-corrected chi connectivity index (χ4v) is 4.09. The number of hydrogen-bond acceptors (Lipinski definition) is 4. The van der Waals surface area contributed by atoms with E-state index in [1.165, 1.54) is 13.2 Å². The van der Waals surface area contributed by atoms with E-state index < -0.39 is 11.8 Å². The number of aliphatic imine (C=N–C) groups is 1. The molecule has 5 nitrogen and oxygen atoms in total. The predicted octanol–water partition coefficient (Wildman–Crippen LogP) is 5.47. The van der Waals surface area contributed by atoms with Gasteiger partial charge < -0.3 is 4.74 Å². The molecule has 1 aliphatic rings. The fourth-order valence-electron chi connectivity index (χ4n) is 3.92. The molecule has 4 aromatic rings. The largest absolute Gasteiger partial charge is 0.464 e. The van der Waals surface area contributed by atoms with Crippen molar-refractivity contribution in [1.29, 1.82) is 0 Å². The summed E-state index contributed by atoms with van der Waals surface area (Å²) >= 11 is 6.34. The number of methoxy groups -OCH3 is 1. The maximum atomic E-state index is 14.8. The van der Waals surface area contributed by atoms with E-state index in [0.717, 1.165) is 5.56 Å². The van der Waals surface area contributed by atoms with E-state index in [9.17, 15) is 9.18 Å². The van der Waals surface area contributed by atoms with Crippen LogP contribution in [0.1, 0.15) is 27.3 Å². The molecule has 0 atom stereocenters. The molecule has 0 spiro atoms. The molecule has 3 aromatic carbocycles. The van der Waals surface area contributed by atoms with Crippen LogP contribution in [-0.2, 0) is 11.3 Å². The maximum Gasteiger partial charge on any atom is 0.358 e. The Morgan fingerprint density at radius 1 is 1.03 bits per heavy atom. The lowest BCUT2D eigenvalue weighted by Gasteiger charge is -2.15. The quantitative estimate of drug-likeness (QED) is 0.393. The van der Waals surface area contributed by atoms with Crippen LogP contribution in [0.5, 0.6) is 0 Å². The van der Waals surface area contributed by atoms with E-state index in [2.05, 4.69) is 4.98 Å². The van der Waals surface area contributed by atoms with Gasteiger partial charge in [-0.2, -0.15) is 0 Å². The van der Waals surface area contributed by atoms with Crippen molar-refractivity contribution in [2.45, 2.75) is 6.54 Å². The minimum Gasteiger partial charge on any atom is -0.464 e. The minimum atomic E-state index is -0.559. The number of rotatable bonds is 3. The Labute approximate surface area is 188 Å². The van der Waals surface area contributed by atoms with E-state index in [-0.39, 0.29) is 12.2 Å². The van der Waals surface area contributed by atoms with Gasteiger partial charge in [0.05, 0.1) is 30.7 Å². The third-order valence-corrected chi connectivity index (χ3v) is 5.59. The zero-order valence-corrected chi connectivity index (χ0v) is 17.8. The lowest BCUT2D eigenvalue weighted by molar-refractivity contribution is 0.0593. The first kappa shape index (κ1) is 20.2. The molecule has 1 aliphatic heterocycles. The number of carbonyl (C=O) groups is 1. The van der Waals surface area contributed by atoms with E-state index in [1.807, 2.05) is 41.0 Å². The number of esters is 1. The Morgan fingerprint density at radius 3 is 2.53 bits per heavy atom. The van der Waals surface area contributed by atoms with Crippen LogP contribution in [0.15, 0.2) is 77.8 Å². The first-order chi connectivity index (χ1) is 15.6. The monoisotopic (exact) mass is 445 g/mol. The third kappa shape index (κ3) is 3.29. The number of nitrogens with zero attached hydrogens (tertiary/aromatic N) is 3. The summed E-state index contributed by atoms with van der Waals surface area (Å²) < 4.78 is 21.6. The summed E-state index contributed by atoms with van der Waals surface area (Å²) in [6.45, 7) is 0.111. The predicted molar refractivity (Wildman–Crippen MR) is 121 cm³/mol. The van der Waals surface area contributed by atoms with Crippen LogP contribution in [0.4, 0.5) is 4.39 Å². The minimum absolute atomic E-state index is 0.111. The Bertz CT molecular complexity index is 1380. The first-order valence-electron chi connectivity index (χ1n) is 9.93. The second kappa shape index (κ2) is 8.05. The van der Waals surface area contributed by atoms with Crippen LogP contribution in [0.25, 0.3) is 17.1 Å². The highest BCUT2D eigenvalue weighted by atomic mass is 35.5. The number of halogens is 2. The van der Waals surface area contributed by atoms with Gasteiger partial charge in [0.2, 0.25) is 0 Å². The zero-order valence-electron chi connectivity index (χ0n) is 17.0. The first-order valence-corrected chi connectivity index (χ1v) is 10.3. The molecular weight excluding hydrogens is 429 g/mol. The molecule has 0 radical (unpaired) electrons. The van der Waals surface area contributed by atoms with Gasteiger partial charge >= 0.3 is 5.97 Å². The topological polar surface area (TPSA) is 56.5 Å². The van der Waals surface area contributed by atoms with Crippen molar-refractivity contribution in [1.82, 2.24) is 9.55 Å². The van der Waals surface area contributed by atoms with Crippen LogP contribution < -0.4 is 0 Å². The summed E-state index contributed by atoms with van der Waals surface area (Å²) in [5.41, 5.74) is 3.71. The van der Waals surface area contributed by atoms with Crippen LogP contribution in [0, 0.1) is 5.82 Å². The van der Waals surface area contributed by atoms with E-state index >= 15 is 0 Å². The summed E-state index contributed by atoms with van der Waals surface area (Å²) in [5.74, 6) is -0.385. The Balaban J connectivity index is 1.84. The molecule has 0 N–H and O–H groups in total. The number of ether oxygens (including phenoxy) is 1. The molecular formula is C25H17ClFN3O2. The molecule has 0 saturated heterocycles. The van der Waals surface area contributed by atoms with Gasteiger partial charge in [0.25, 0.3) is 0 Å². The van der Waals surface area contributed by atoms with Crippen LogP contribution in [0.2, 0.25) is 5.02 Å². The average molecular weight is 446 g/mol. The maximum absolute atomic E-state index is 14.8. The summed E-state index contributed by atoms with van der Waals surface area (Å²) in [6, 6.07) is 21.3.